The van der Waals surface area contributed by atoms with Crippen LogP contribution in [-0.2, 0) is 9.68 Å². The Morgan fingerprint density at radius 1 is 0.564 bits per heavy atom. The third-order valence-electron chi connectivity index (χ3n) is 6.11. The SMILES string of the molecule is CONc1nc(N)ncc1Oc1ccc(Cl)cc1.Nc1ncc(Oc2ccc(Cl)cc2)c(NO)n1.Nc1ncc(Oc2ccc(Cl)cc2)c(NOCCO)n1. The molecule has 19 nitrogen and oxygen atoms in total. The van der Waals surface area contributed by atoms with E-state index >= 15 is 0 Å². The highest BCUT2D eigenvalue weighted by molar-refractivity contribution is 6.31. The van der Waals surface area contributed by atoms with Gasteiger partial charge in [0, 0.05) is 15.1 Å². The topological polar surface area (TPSA) is 278 Å². The number of halogens is 3. The van der Waals surface area contributed by atoms with Crippen LogP contribution in [0.3, 0.4) is 0 Å². The molecule has 11 N–H and O–H groups in total. The number of hydrogen-bond acceptors (Lipinski definition) is 19. The van der Waals surface area contributed by atoms with E-state index in [2.05, 4.69) is 40.9 Å². The Balaban J connectivity index is 0.000000184. The minimum absolute atomic E-state index is 0.0324. The van der Waals surface area contributed by atoms with Crippen molar-refractivity contribution in [3.8, 4) is 34.5 Å². The van der Waals surface area contributed by atoms with E-state index in [4.69, 9.17) is 86.2 Å². The van der Waals surface area contributed by atoms with Crippen LogP contribution in [0.2, 0.25) is 15.1 Å². The summed E-state index contributed by atoms with van der Waals surface area (Å²) < 4.78 is 16.6. The predicted octanol–water partition coefficient (Wildman–Crippen LogP) is 6.62. The van der Waals surface area contributed by atoms with Gasteiger partial charge >= 0.3 is 0 Å². The molecule has 6 aromatic rings. The van der Waals surface area contributed by atoms with Gasteiger partial charge in [-0.1, -0.05) is 34.8 Å². The first-order chi connectivity index (χ1) is 26.6. The molecule has 3 heterocycles. The molecule has 3 aromatic carbocycles. The number of rotatable bonds is 13. The molecular formula is C33H33Cl3N12O7. The number of ether oxygens (including phenoxy) is 3. The van der Waals surface area contributed by atoms with E-state index in [1.807, 2.05) is 5.48 Å². The summed E-state index contributed by atoms with van der Waals surface area (Å²) in [4.78, 5) is 32.9. The average molecular weight is 816 g/mol. The first kappa shape index (κ1) is 41.6. The van der Waals surface area contributed by atoms with E-state index in [9.17, 15) is 0 Å². The predicted molar refractivity (Wildman–Crippen MR) is 207 cm³/mol. The van der Waals surface area contributed by atoms with Crippen molar-refractivity contribution in [3.63, 3.8) is 0 Å². The number of anilines is 6. The number of nitrogen functional groups attached to an aromatic ring is 3. The summed E-state index contributed by atoms with van der Waals surface area (Å²) in [6.07, 6.45) is 4.23. The summed E-state index contributed by atoms with van der Waals surface area (Å²) >= 11 is 17.3. The number of aliphatic hydroxyl groups excluding tert-OH is 1. The monoisotopic (exact) mass is 814 g/mol. The summed E-state index contributed by atoms with van der Waals surface area (Å²) in [6.45, 7) is -0.0226. The second-order valence-corrected chi connectivity index (χ2v) is 11.4. The van der Waals surface area contributed by atoms with E-state index in [0.717, 1.165) is 0 Å². The molecule has 0 radical (unpaired) electrons. The molecular weight excluding hydrogens is 783 g/mol. The van der Waals surface area contributed by atoms with Crippen molar-refractivity contribution in [1.29, 1.82) is 0 Å². The number of nitrogens with zero attached hydrogens (tertiary/aromatic N) is 6. The van der Waals surface area contributed by atoms with Crippen molar-refractivity contribution in [1.82, 2.24) is 29.9 Å². The molecule has 6 rings (SSSR count). The lowest BCUT2D eigenvalue weighted by Crippen LogP contribution is -2.09. The fourth-order valence-electron chi connectivity index (χ4n) is 3.75. The summed E-state index contributed by atoms with van der Waals surface area (Å²) in [5.41, 5.74) is 23.4. The van der Waals surface area contributed by atoms with Crippen molar-refractivity contribution in [2.24, 2.45) is 0 Å². The minimum Gasteiger partial charge on any atom is -0.452 e. The Labute approximate surface area is 328 Å². The molecule has 0 aliphatic rings. The molecule has 0 aliphatic heterocycles. The highest BCUT2D eigenvalue weighted by atomic mass is 35.5. The third kappa shape index (κ3) is 13.9. The maximum atomic E-state index is 8.87. The summed E-state index contributed by atoms with van der Waals surface area (Å²) in [7, 11) is 1.46. The Kier molecular flexibility index (Phi) is 16.2. The van der Waals surface area contributed by atoms with Gasteiger partial charge in [-0.2, -0.15) is 15.0 Å². The lowest BCUT2D eigenvalue weighted by atomic mass is 10.3. The summed E-state index contributed by atoms with van der Waals surface area (Å²) in [6, 6.07) is 20.4. The molecule has 0 amide bonds. The highest BCUT2D eigenvalue weighted by Crippen LogP contribution is 2.30. The fourth-order valence-corrected chi connectivity index (χ4v) is 4.13. The number of aliphatic hydroxyl groups is 1. The molecule has 288 valence electrons. The lowest BCUT2D eigenvalue weighted by Gasteiger charge is -2.11. The zero-order valence-electron chi connectivity index (χ0n) is 28.6. The van der Waals surface area contributed by atoms with Crippen LogP contribution in [0.1, 0.15) is 0 Å². The molecule has 0 saturated carbocycles. The molecule has 0 atom stereocenters. The normalized spacial score (nSPS) is 10.1. The van der Waals surface area contributed by atoms with Crippen LogP contribution in [-0.4, -0.2) is 60.5 Å². The van der Waals surface area contributed by atoms with E-state index in [1.54, 1.807) is 72.8 Å². The number of hydrogen-bond donors (Lipinski definition) is 8. The van der Waals surface area contributed by atoms with Gasteiger partial charge in [-0.15, -0.1) is 0 Å². The highest BCUT2D eigenvalue weighted by Gasteiger charge is 2.11. The Morgan fingerprint density at radius 3 is 1.25 bits per heavy atom. The maximum absolute atomic E-state index is 8.87. The molecule has 0 aliphatic carbocycles. The van der Waals surface area contributed by atoms with Gasteiger partial charge < -0.3 is 36.5 Å². The van der Waals surface area contributed by atoms with E-state index in [1.165, 1.54) is 25.7 Å². The maximum Gasteiger partial charge on any atom is 0.222 e. The zero-order chi connectivity index (χ0) is 39.6. The van der Waals surface area contributed by atoms with Crippen LogP contribution < -0.4 is 47.9 Å². The second kappa shape index (κ2) is 21.5. The molecule has 55 heavy (non-hydrogen) atoms. The first-order valence-electron chi connectivity index (χ1n) is 15.4. The van der Waals surface area contributed by atoms with E-state index in [0.29, 0.717) is 49.6 Å². The van der Waals surface area contributed by atoms with Gasteiger partial charge in [0.15, 0.2) is 34.7 Å². The van der Waals surface area contributed by atoms with E-state index < -0.39 is 0 Å². The van der Waals surface area contributed by atoms with Crippen molar-refractivity contribution in [2.45, 2.75) is 0 Å². The van der Waals surface area contributed by atoms with Crippen molar-refractivity contribution in [3.05, 3.63) is 106 Å². The van der Waals surface area contributed by atoms with Crippen LogP contribution in [0.15, 0.2) is 91.4 Å². The quantitative estimate of drug-likeness (QED) is 0.0449. The van der Waals surface area contributed by atoms with Crippen LogP contribution in [0, 0.1) is 0 Å². The Morgan fingerprint density at radius 2 is 0.909 bits per heavy atom. The van der Waals surface area contributed by atoms with Gasteiger partial charge in [0.25, 0.3) is 0 Å². The molecule has 0 spiro atoms. The molecule has 0 bridgehead atoms. The molecule has 0 fully saturated rings. The van der Waals surface area contributed by atoms with Gasteiger partial charge in [0.05, 0.1) is 38.9 Å². The largest absolute Gasteiger partial charge is 0.452 e. The third-order valence-corrected chi connectivity index (χ3v) is 6.87. The number of benzene rings is 3. The zero-order valence-corrected chi connectivity index (χ0v) is 30.8. The Hall–Kier alpha value is -6.19. The average Bonchev–Trinajstić information content (AvgIpc) is 3.18. The molecule has 0 saturated heterocycles. The Bertz CT molecular complexity index is 2090. The fraction of sp³-hybridized carbons (Fsp3) is 0.0909. The van der Waals surface area contributed by atoms with Crippen molar-refractivity contribution in [2.75, 3.05) is 54.0 Å². The summed E-state index contributed by atoms with van der Waals surface area (Å²) in [5, 5.41) is 19.4. The lowest BCUT2D eigenvalue weighted by molar-refractivity contribution is 0.131. The summed E-state index contributed by atoms with van der Waals surface area (Å²) in [5.74, 6) is 3.62. The van der Waals surface area contributed by atoms with Crippen LogP contribution in [0.4, 0.5) is 35.3 Å². The van der Waals surface area contributed by atoms with Gasteiger partial charge in [0.2, 0.25) is 17.8 Å². The molecule has 22 heteroatoms. The number of nitrogens with one attached hydrogen (secondary N) is 3. The first-order valence-corrected chi connectivity index (χ1v) is 16.6. The minimum atomic E-state index is -0.124. The second-order valence-electron chi connectivity index (χ2n) is 10.1. The van der Waals surface area contributed by atoms with Gasteiger partial charge in [-0.3, -0.25) is 14.9 Å². The molecule has 3 aromatic heterocycles. The standard InChI is InChI=1S/C12H13ClN4O3.C11H11ClN4O2.C10H9ClN4O2/c13-8-1-3-9(4-2-8)20-10-7-15-12(14)16-11(10)17-19-6-5-18;1-17-16-10-9(6-14-11(13)15-10)18-8-4-2-7(12)3-5-8;11-6-1-3-7(4-2-6)17-8-5-13-10(12)14-9(8)15-16/h1-4,7,18H,5-6H2,(H3,14,15,16,17);2-6H,1H3,(H3,13,14,15,16);1-5,16H,(H3,12,13,14,15). The van der Waals surface area contributed by atoms with Crippen LogP contribution >= 0.6 is 34.8 Å². The van der Waals surface area contributed by atoms with Crippen LogP contribution in [0.25, 0.3) is 0 Å². The van der Waals surface area contributed by atoms with Crippen LogP contribution in [0.5, 0.6) is 34.5 Å². The van der Waals surface area contributed by atoms with Crippen molar-refractivity contribution >= 4 is 70.1 Å². The van der Waals surface area contributed by atoms with Gasteiger partial charge in [0.1, 0.15) is 17.2 Å². The van der Waals surface area contributed by atoms with Crippen molar-refractivity contribution < 1.29 is 34.2 Å². The molecule has 0 unspecified atom stereocenters. The smallest absolute Gasteiger partial charge is 0.222 e. The number of aromatic nitrogens is 6. The van der Waals surface area contributed by atoms with Gasteiger partial charge in [-0.25, -0.2) is 31.4 Å². The number of nitrogens with two attached hydrogens (primary N) is 3. The van der Waals surface area contributed by atoms with Gasteiger partial charge in [-0.05, 0) is 72.8 Å². The van der Waals surface area contributed by atoms with E-state index in [-0.39, 0.29) is 48.4 Å².